The van der Waals surface area contributed by atoms with Crippen LogP contribution in [0, 0.1) is 17.2 Å². The van der Waals surface area contributed by atoms with Gasteiger partial charge in [-0.3, -0.25) is 9.78 Å². The molecule has 0 saturated carbocycles. The third-order valence-electron chi connectivity index (χ3n) is 5.56. The van der Waals surface area contributed by atoms with Crippen LogP contribution in [-0.2, 0) is 20.9 Å². The molecule has 0 bridgehead atoms. The standard InChI is InChI=1S/C20H21FN2O3.C2HF3O2/c21-18-4-2-1-3-17(18)19(24)23-9-16-11-26-14-20(16,12-23)13-25-10-15-5-7-22-8-6-15;3-2(4,5)1(6)7/h1-8,16H,9-14H2;(H,6,7)/t16-,20-;/m1./s1. The number of carbonyl (C=O) groups is 2. The largest absolute Gasteiger partial charge is 0.490 e. The van der Waals surface area contributed by atoms with Crippen LogP contribution in [0.4, 0.5) is 17.6 Å². The van der Waals surface area contributed by atoms with E-state index < -0.39 is 18.0 Å². The van der Waals surface area contributed by atoms with Gasteiger partial charge < -0.3 is 19.5 Å². The van der Waals surface area contributed by atoms with Crippen LogP contribution in [0.2, 0.25) is 0 Å². The second-order valence-electron chi connectivity index (χ2n) is 7.89. The molecule has 0 spiro atoms. The lowest BCUT2D eigenvalue weighted by atomic mass is 9.82. The predicted molar refractivity (Wildman–Crippen MR) is 107 cm³/mol. The second kappa shape index (κ2) is 10.3. The average Bonchev–Trinajstić information content (AvgIpc) is 3.31. The molecule has 1 amide bonds. The van der Waals surface area contributed by atoms with Gasteiger partial charge in [0.2, 0.25) is 0 Å². The molecule has 1 aromatic carbocycles. The van der Waals surface area contributed by atoms with Crippen LogP contribution in [0.5, 0.6) is 0 Å². The average molecular weight is 470 g/mol. The van der Waals surface area contributed by atoms with E-state index in [-0.39, 0.29) is 22.8 Å². The molecule has 2 aromatic rings. The molecule has 2 atom stereocenters. The zero-order valence-electron chi connectivity index (χ0n) is 17.4. The number of amides is 1. The van der Waals surface area contributed by atoms with E-state index >= 15 is 0 Å². The number of alkyl halides is 3. The molecule has 11 heteroatoms. The minimum absolute atomic E-state index is 0.126. The van der Waals surface area contributed by atoms with Crippen LogP contribution >= 0.6 is 0 Å². The second-order valence-corrected chi connectivity index (χ2v) is 7.89. The van der Waals surface area contributed by atoms with Gasteiger partial charge in [0.1, 0.15) is 5.82 Å². The monoisotopic (exact) mass is 470 g/mol. The molecule has 4 rings (SSSR count). The Hall–Kier alpha value is -3.05. The normalized spacial score (nSPS) is 21.8. The quantitative estimate of drug-likeness (QED) is 0.676. The van der Waals surface area contributed by atoms with Gasteiger partial charge >= 0.3 is 12.1 Å². The van der Waals surface area contributed by atoms with Gasteiger partial charge in [0.05, 0.1) is 32.0 Å². The van der Waals surface area contributed by atoms with E-state index in [2.05, 4.69) is 4.98 Å². The molecular formula is C22H22F4N2O5. The van der Waals surface area contributed by atoms with E-state index in [0.717, 1.165) is 5.56 Å². The van der Waals surface area contributed by atoms with Gasteiger partial charge in [-0.1, -0.05) is 12.1 Å². The first-order chi connectivity index (χ1) is 15.6. The molecule has 0 radical (unpaired) electrons. The maximum atomic E-state index is 14.0. The maximum Gasteiger partial charge on any atom is 0.490 e. The van der Waals surface area contributed by atoms with Gasteiger partial charge in [0.15, 0.2) is 0 Å². The van der Waals surface area contributed by atoms with Crippen LogP contribution in [0.25, 0.3) is 0 Å². The summed E-state index contributed by atoms with van der Waals surface area (Å²) < 4.78 is 57.3. The Labute approximate surface area is 186 Å². The highest BCUT2D eigenvalue weighted by atomic mass is 19.4. The molecule has 2 fully saturated rings. The van der Waals surface area contributed by atoms with Gasteiger partial charge in [-0.25, -0.2) is 9.18 Å². The first-order valence-electron chi connectivity index (χ1n) is 10.0. The number of nitrogens with zero attached hydrogens (tertiary/aromatic N) is 2. The number of rotatable bonds is 5. The molecule has 2 aliphatic rings. The zero-order chi connectivity index (χ0) is 24.1. The fourth-order valence-corrected chi connectivity index (χ4v) is 3.85. The lowest BCUT2D eigenvalue weighted by molar-refractivity contribution is -0.192. The van der Waals surface area contributed by atoms with E-state index in [1.807, 2.05) is 12.1 Å². The molecule has 2 saturated heterocycles. The summed E-state index contributed by atoms with van der Waals surface area (Å²) in [5.41, 5.74) is 0.971. The van der Waals surface area contributed by atoms with Crippen LogP contribution < -0.4 is 0 Å². The number of hydrogen-bond acceptors (Lipinski definition) is 5. The van der Waals surface area contributed by atoms with E-state index in [0.29, 0.717) is 39.5 Å². The zero-order valence-corrected chi connectivity index (χ0v) is 17.4. The van der Waals surface area contributed by atoms with Gasteiger partial charge in [-0.15, -0.1) is 0 Å². The number of pyridine rings is 1. The van der Waals surface area contributed by atoms with E-state index in [4.69, 9.17) is 19.4 Å². The highest BCUT2D eigenvalue weighted by molar-refractivity contribution is 5.94. The van der Waals surface area contributed by atoms with Crippen molar-refractivity contribution < 1.29 is 41.7 Å². The Morgan fingerprint density at radius 3 is 2.52 bits per heavy atom. The fraction of sp³-hybridized carbons (Fsp3) is 0.409. The molecule has 1 N–H and O–H groups in total. The van der Waals surface area contributed by atoms with Gasteiger partial charge in [-0.05, 0) is 29.8 Å². The smallest absolute Gasteiger partial charge is 0.475 e. The first kappa shape index (κ1) is 24.6. The van der Waals surface area contributed by atoms with Crippen molar-refractivity contribution in [2.75, 3.05) is 32.9 Å². The van der Waals surface area contributed by atoms with Crippen molar-refractivity contribution in [2.45, 2.75) is 12.8 Å². The van der Waals surface area contributed by atoms with Crippen LogP contribution in [0.1, 0.15) is 15.9 Å². The molecule has 2 aliphatic heterocycles. The summed E-state index contributed by atoms with van der Waals surface area (Å²) in [5.74, 6) is -3.28. The molecule has 0 aliphatic carbocycles. The number of benzene rings is 1. The highest BCUT2D eigenvalue weighted by Crippen LogP contribution is 2.42. The van der Waals surface area contributed by atoms with Crippen molar-refractivity contribution >= 4 is 11.9 Å². The Bertz CT molecular complexity index is 973. The lowest BCUT2D eigenvalue weighted by Crippen LogP contribution is -2.37. The third-order valence-corrected chi connectivity index (χ3v) is 5.56. The SMILES string of the molecule is O=C(O)C(F)(F)F.O=C(c1ccccc1F)N1C[C@@H]2COC[C@]2(COCc2ccncc2)C1. The molecule has 0 unspecified atom stereocenters. The summed E-state index contributed by atoms with van der Waals surface area (Å²) in [6.07, 6.45) is -1.61. The summed E-state index contributed by atoms with van der Waals surface area (Å²) in [5, 5.41) is 7.12. The Kier molecular flexibility index (Phi) is 7.65. The maximum absolute atomic E-state index is 14.0. The number of aliphatic carboxylic acids is 1. The van der Waals surface area contributed by atoms with E-state index in [1.54, 1.807) is 29.4 Å². The minimum atomic E-state index is -5.08. The number of ether oxygens (including phenoxy) is 2. The lowest BCUT2D eigenvalue weighted by Gasteiger charge is -2.27. The molecule has 33 heavy (non-hydrogen) atoms. The summed E-state index contributed by atoms with van der Waals surface area (Å²) in [6.45, 7) is 3.29. The molecule has 3 heterocycles. The van der Waals surface area contributed by atoms with Crippen LogP contribution in [-0.4, -0.2) is 66.0 Å². The van der Waals surface area contributed by atoms with Crippen molar-refractivity contribution in [1.82, 2.24) is 9.88 Å². The summed E-state index contributed by atoms with van der Waals surface area (Å²) in [7, 11) is 0. The number of carbonyl (C=O) groups excluding carboxylic acids is 1. The third kappa shape index (κ3) is 6.05. The van der Waals surface area contributed by atoms with Crippen molar-refractivity contribution in [2.24, 2.45) is 11.3 Å². The molecular weight excluding hydrogens is 448 g/mol. The van der Waals surface area contributed by atoms with Gasteiger partial charge in [-0.2, -0.15) is 13.2 Å². The number of likely N-dealkylation sites (tertiary alicyclic amines) is 1. The molecule has 7 nitrogen and oxygen atoms in total. The number of carboxylic acid groups (broad SMARTS) is 1. The van der Waals surface area contributed by atoms with Gasteiger partial charge in [0, 0.05) is 36.8 Å². The van der Waals surface area contributed by atoms with Crippen molar-refractivity contribution in [3.05, 3.63) is 65.7 Å². The minimum Gasteiger partial charge on any atom is -0.475 e. The number of carboxylic acids is 1. The van der Waals surface area contributed by atoms with Crippen molar-refractivity contribution in [1.29, 1.82) is 0 Å². The van der Waals surface area contributed by atoms with Crippen molar-refractivity contribution in [3.8, 4) is 0 Å². The van der Waals surface area contributed by atoms with Crippen LogP contribution in [0.15, 0.2) is 48.8 Å². The summed E-state index contributed by atoms with van der Waals surface area (Å²) in [6, 6.07) is 9.97. The first-order valence-corrected chi connectivity index (χ1v) is 10.0. The fourth-order valence-electron chi connectivity index (χ4n) is 3.85. The van der Waals surface area contributed by atoms with Crippen molar-refractivity contribution in [3.63, 3.8) is 0 Å². The molecule has 1 aromatic heterocycles. The Morgan fingerprint density at radius 2 is 1.88 bits per heavy atom. The summed E-state index contributed by atoms with van der Waals surface area (Å²) >= 11 is 0. The number of fused-ring (bicyclic) bond motifs is 1. The Balaban J connectivity index is 0.000000383. The van der Waals surface area contributed by atoms with E-state index in [9.17, 15) is 22.4 Å². The topological polar surface area (TPSA) is 89.0 Å². The predicted octanol–water partition coefficient (Wildman–Crippen LogP) is 3.16. The number of aromatic nitrogens is 1. The number of hydrogen-bond donors (Lipinski definition) is 1. The van der Waals surface area contributed by atoms with Crippen LogP contribution in [0.3, 0.4) is 0 Å². The highest BCUT2D eigenvalue weighted by Gasteiger charge is 2.52. The van der Waals surface area contributed by atoms with Gasteiger partial charge in [0.25, 0.3) is 5.91 Å². The van der Waals surface area contributed by atoms with E-state index in [1.165, 1.54) is 12.1 Å². The Morgan fingerprint density at radius 1 is 1.21 bits per heavy atom. The molecule has 178 valence electrons. The number of halogens is 4. The summed E-state index contributed by atoms with van der Waals surface area (Å²) in [4.78, 5) is 27.4.